The third kappa shape index (κ3) is 4.75. The molecular weight excluding hydrogens is 394 g/mol. The summed E-state index contributed by atoms with van der Waals surface area (Å²) in [5, 5.41) is 0.0963. The van der Waals surface area contributed by atoms with Crippen LogP contribution in [0.15, 0.2) is 59.8 Å². The van der Waals surface area contributed by atoms with Crippen molar-refractivity contribution in [2.24, 2.45) is 0 Å². The molecule has 0 fully saturated rings. The van der Waals surface area contributed by atoms with E-state index in [9.17, 15) is 17.2 Å². The molecule has 0 saturated carbocycles. The van der Waals surface area contributed by atoms with Crippen molar-refractivity contribution in [1.82, 2.24) is 9.97 Å². The lowest BCUT2D eigenvalue weighted by atomic mass is 10.1. The van der Waals surface area contributed by atoms with Crippen molar-refractivity contribution in [2.45, 2.75) is 10.6 Å². The molecule has 8 heteroatoms. The summed E-state index contributed by atoms with van der Waals surface area (Å²) in [5.74, 6) is -1.15. The molecule has 0 aliphatic heterocycles. The van der Waals surface area contributed by atoms with Crippen LogP contribution in [0, 0.1) is 11.9 Å². The van der Waals surface area contributed by atoms with Crippen LogP contribution < -0.4 is 0 Å². The fourth-order valence-corrected chi connectivity index (χ4v) is 4.30. The van der Waals surface area contributed by atoms with E-state index in [2.05, 4.69) is 9.97 Å². The standard InChI is InChI=1S/C19H13ClF2N2O2S/c20-16-3-1-2-4-18(16)27(25,26)12-15-8-7-13(9-17(15)21)5-6-14-10-23-19(22)24-11-14/h1-11H,12H2/b6-5+. The van der Waals surface area contributed by atoms with Crippen molar-refractivity contribution in [2.75, 3.05) is 0 Å². The molecule has 0 bridgehead atoms. The van der Waals surface area contributed by atoms with Gasteiger partial charge in [0.1, 0.15) is 5.82 Å². The highest BCUT2D eigenvalue weighted by Gasteiger charge is 2.20. The van der Waals surface area contributed by atoms with Crippen LogP contribution in [0.3, 0.4) is 0 Å². The molecule has 0 saturated heterocycles. The quantitative estimate of drug-likeness (QED) is 0.583. The Labute approximate surface area is 160 Å². The van der Waals surface area contributed by atoms with Gasteiger partial charge in [0.15, 0.2) is 9.84 Å². The lowest BCUT2D eigenvalue weighted by molar-refractivity contribution is 0.538. The Bertz CT molecular complexity index is 1100. The molecule has 0 N–H and O–H groups in total. The van der Waals surface area contributed by atoms with E-state index < -0.39 is 27.5 Å². The van der Waals surface area contributed by atoms with Gasteiger partial charge in [0.05, 0.1) is 15.7 Å². The van der Waals surface area contributed by atoms with E-state index in [1.165, 1.54) is 36.7 Å². The van der Waals surface area contributed by atoms with Crippen LogP contribution in [0.25, 0.3) is 12.2 Å². The molecule has 0 unspecified atom stereocenters. The van der Waals surface area contributed by atoms with Gasteiger partial charge >= 0.3 is 6.08 Å². The molecule has 0 radical (unpaired) electrons. The summed E-state index contributed by atoms with van der Waals surface area (Å²) in [6.07, 6.45) is 4.93. The molecular formula is C19H13ClF2N2O2S. The van der Waals surface area contributed by atoms with E-state index in [1.807, 2.05) is 0 Å². The second-order valence-electron chi connectivity index (χ2n) is 5.66. The molecule has 2 aromatic carbocycles. The van der Waals surface area contributed by atoms with E-state index >= 15 is 0 Å². The number of nitrogens with zero attached hydrogens (tertiary/aromatic N) is 2. The highest BCUT2D eigenvalue weighted by atomic mass is 35.5. The minimum atomic E-state index is -3.78. The SMILES string of the molecule is O=S(=O)(Cc1ccc(/C=C/c2cnc(F)nc2)cc1F)c1ccccc1Cl. The molecule has 1 aromatic heterocycles. The number of sulfone groups is 1. The zero-order chi connectivity index (χ0) is 19.4. The third-order valence-corrected chi connectivity index (χ3v) is 5.86. The van der Waals surface area contributed by atoms with Crippen molar-refractivity contribution < 1.29 is 17.2 Å². The van der Waals surface area contributed by atoms with Crippen LogP contribution in [0.5, 0.6) is 0 Å². The zero-order valence-electron chi connectivity index (χ0n) is 13.8. The van der Waals surface area contributed by atoms with Crippen molar-refractivity contribution in [3.8, 4) is 0 Å². The average molecular weight is 407 g/mol. The Morgan fingerprint density at radius 2 is 1.63 bits per heavy atom. The Morgan fingerprint density at radius 3 is 2.30 bits per heavy atom. The molecule has 27 heavy (non-hydrogen) atoms. The highest BCUT2D eigenvalue weighted by molar-refractivity contribution is 7.90. The summed E-state index contributed by atoms with van der Waals surface area (Å²) in [5.41, 5.74) is 1.09. The van der Waals surface area contributed by atoms with E-state index in [4.69, 9.17) is 11.6 Å². The van der Waals surface area contributed by atoms with E-state index in [0.717, 1.165) is 0 Å². The lowest BCUT2D eigenvalue weighted by Gasteiger charge is -2.08. The van der Waals surface area contributed by atoms with Crippen molar-refractivity contribution in [3.63, 3.8) is 0 Å². The van der Waals surface area contributed by atoms with Crippen LogP contribution in [0.1, 0.15) is 16.7 Å². The minimum Gasteiger partial charge on any atom is -0.223 e. The number of rotatable bonds is 5. The smallest absolute Gasteiger partial charge is 0.223 e. The van der Waals surface area contributed by atoms with Crippen molar-refractivity contribution in [3.05, 3.63) is 88.5 Å². The third-order valence-electron chi connectivity index (χ3n) is 3.70. The first-order valence-corrected chi connectivity index (χ1v) is 9.79. The largest absolute Gasteiger partial charge is 0.308 e. The summed E-state index contributed by atoms with van der Waals surface area (Å²) in [7, 11) is -3.78. The molecule has 1 heterocycles. The maximum Gasteiger partial charge on any atom is 0.308 e. The first-order chi connectivity index (χ1) is 12.8. The lowest BCUT2D eigenvalue weighted by Crippen LogP contribution is -2.07. The fourth-order valence-electron chi connectivity index (χ4n) is 2.36. The van der Waals surface area contributed by atoms with E-state index in [-0.39, 0.29) is 15.5 Å². The predicted molar refractivity (Wildman–Crippen MR) is 99.7 cm³/mol. The Kier molecular flexibility index (Phi) is 5.62. The van der Waals surface area contributed by atoms with Gasteiger partial charge in [0.25, 0.3) is 0 Å². The molecule has 138 valence electrons. The number of benzene rings is 2. The van der Waals surface area contributed by atoms with Crippen LogP contribution >= 0.6 is 11.6 Å². The number of hydrogen-bond donors (Lipinski definition) is 0. The summed E-state index contributed by atoms with van der Waals surface area (Å²) in [4.78, 5) is 6.80. The second kappa shape index (κ2) is 7.94. The van der Waals surface area contributed by atoms with Crippen molar-refractivity contribution >= 4 is 33.6 Å². The predicted octanol–water partition coefficient (Wildman–Crippen LogP) is 4.55. The van der Waals surface area contributed by atoms with Crippen molar-refractivity contribution in [1.29, 1.82) is 0 Å². The topological polar surface area (TPSA) is 59.9 Å². The number of halogens is 3. The van der Waals surface area contributed by atoms with Crippen LogP contribution in [0.4, 0.5) is 8.78 Å². The minimum absolute atomic E-state index is 0.0358. The molecule has 0 atom stereocenters. The molecule has 0 aliphatic carbocycles. The Morgan fingerprint density at radius 1 is 0.963 bits per heavy atom. The van der Waals surface area contributed by atoms with Gasteiger partial charge in [-0.25, -0.2) is 22.8 Å². The Hall–Kier alpha value is -2.64. The maximum absolute atomic E-state index is 14.4. The van der Waals surface area contributed by atoms with Gasteiger partial charge in [-0.2, -0.15) is 4.39 Å². The maximum atomic E-state index is 14.4. The summed E-state index contributed by atoms with van der Waals surface area (Å²) < 4.78 is 52.0. The van der Waals surface area contributed by atoms with E-state index in [1.54, 1.807) is 30.4 Å². The Balaban J connectivity index is 1.81. The fraction of sp³-hybridized carbons (Fsp3) is 0.0526. The van der Waals surface area contributed by atoms with E-state index in [0.29, 0.717) is 11.1 Å². The van der Waals surface area contributed by atoms with Crippen LogP contribution in [-0.2, 0) is 15.6 Å². The molecule has 3 rings (SSSR count). The summed E-state index contributed by atoms with van der Waals surface area (Å²) >= 11 is 5.93. The summed E-state index contributed by atoms with van der Waals surface area (Å²) in [6, 6.07) is 10.2. The normalized spacial score (nSPS) is 11.8. The van der Waals surface area contributed by atoms with Gasteiger partial charge in [0, 0.05) is 23.5 Å². The highest BCUT2D eigenvalue weighted by Crippen LogP contribution is 2.25. The molecule has 0 amide bonds. The van der Waals surface area contributed by atoms with Gasteiger partial charge in [-0.15, -0.1) is 0 Å². The van der Waals surface area contributed by atoms with Gasteiger partial charge in [-0.05, 0) is 23.8 Å². The van der Waals surface area contributed by atoms with Gasteiger partial charge in [-0.1, -0.05) is 48.0 Å². The number of hydrogen-bond acceptors (Lipinski definition) is 4. The first-order valence-electron chi connectivity index (χ1n) is 7.76. The monoisotopic (exact) mass is 406 g/mol. The van der Waals surface area contributed by atoms with Crippen LogP contribution in [-0.4, -0.2) is 18.4 Å². The molecule has 0 spiro atoms. The van der Waals surface area contributed by atoms with Gasteiger partial charge < -0.3 is 0 Å². The molecule has 0 aliphatic rings. The first kappa shape index (κ1) is 19.1. The second-order valence-corrected chi connectivity index (χ2v) is 8.02. The average Bonchev–Trinajstić information content (AvgIpc) is 2.63. The van der Waals surface area contributed by atoms with Crippen LogP contribution in [0.2, 0.25) is 5.02 Å². The van der Waals surface area contributed by atoms with Gasteiger partial charge in [0.2, 0.25) is 0 Å². The summed E-state index contributed by atoms with van der Waals surface area (Å²) in [6.45, 7) is 0. The number of aromatic nitrogens is 2. The molecule has 4 nitrogen and oxygen atoms in total. The van der Waals surface area contributed by atoms with Gasteiger partial charge in [-0.3, -0.25) is 0 Å². The molecule has 3 aromatic rings. The zero-order valence-corrected chi connectivity index (χ0v) is 15.4.